The number of rotatable bonds is 11. The van der Waals surface area contributed by atoms with Crippen LogP contribution >= 0.6 is 0 Å². The van der Waals surface area contributed by atoms with E-state index >= 15 is 0 Å². The van der Waals surface area contributed by atoms with Crippen LogP contribution < -0.4 is 10.6 Å². The largest absolute Gasteiger partial charge is 0.480 e. The number of hydrogen-bond acceptors (Lipinski definition) is 5. The average molecular weight is 467 g/mol. The number of alkyl carbamates (subject to hydrolysis) is 1. The van der Waals surface area contributed by atoms with Crippen LogP contribution in [-0.4, -0.2) is 54.0 Å². The van der Waals surface area contributed by atoms with Crippen molar-refractivity contribution in [2.45, 2.75) is 37.6 Å². The van der Waals surface area contributed by atoms with Gasteiger partial charge in [-0.05, 0) is 34.6 Å². The van der Waals surface area contributed by atoms with Crippen LogP contribution in [0.2, 0.25) is 0 Å². The molecule has 4 rings (SSSR count). The Hall–Kier alpha value is -3.39. The number of fused-ring (bicyclic) bond motifs is 3. The zero-order valence-corrected chi connectivity index (χ0v) is 18.9. The van der Waals surface area contributed by atoms with Gasteiger partial charge in [-0.3, -0.25) is 4.79 Å². The van der Waals surface area contributed by atoms with Crippen molar-refractivity contribution in [2.24, 2.45) is 11.8 Å². The van der Waals surface area contributed by atoms with Gasteiger partial charge in [0.2, 0.25) is 5.91 Å². The average Bonchev–Trinajstić information content (AvgIpc) is 3.60. The molecule has 0 heterocycles. The van der Waals surface area contributed by atoms with E-state index in [4.69, 9.17) is 9.84 Å². The summed E-state index contributed by atoms with van der Waals surface area (Å²) >= 11 is 0. The van der Waals surface area contributed by atoms with Gasteiger partial charge >= 0.3 is 12.1 Å². The fourth-order valence-electron chi connectivity index (χ4n) is 4.57. The van der Waals surface area contributed by atoms with Crippen LogP contribution in [0.25, 0.3) is 11.1 Å². The van der Waals surface area contributed by atoms with Gasteiger partial charge in [0.15, 0.2) is 0 Å². The third-order valence-electron chi connectivity index (χ3n) is 6.55. The van der Waals surface area contributed by atoms with Gasteiger partial charge in [-0.2, -0.15) is 0 Å². The van der Waals surface area contributed by atoms with Gasteiger partial charge in [0.1, 0.15) is 12.6 Å². The van der Waals surface area contributed by atoms with Crippen molar-refractivity contribution in [1.29, 1.82) is 0 Å². The highest BCUT2D eigenvalue weighted by atomic mass is 16.5. The summed E-state index contributed by atoms with van der Waals surface area (Å²) in [5, 5.41) is 23.5. The Morgan fingerprint density at radius 1 is 1.00 bits per heavy atom. The first-order valence-corrected chi connectivity index (χ1v) is 11.7. The number of carbonyl (C=O) groups is 3. The second-order valence-corrected chi connectivity index (χ2v) is 8.99. The van der Waals surface area contributed by atoms with Crippen molar-refractivity contribution < 1.29 is 29.3 Å². The molecule has 2 aliphatic rings. The van der Waals surface area contributed by atoms with E-state index in [1.807, 2.05) is 36.4 Å². The van der Waals surface area contributed by atoms with E-state index in [1.165, 1.54) is 0 Å². The predicted molar refractivity (Wildman–Crippen MR) is 125 cm³/mol. The summed E-state index contributed by atoms with van der Waals surface area (Å²) in [6.45, 7) is -0.107. The highest BCUT2D eigenvalue weighted by Gasteiger charge is 2.32. The van der Waals surface area contributed by atoms with Gasteiger partial charge in [-0.15, -0.1) is 0 Å². The Morgan fingerprint density at radius 2 is 1.62 bits per heavy atom. The number of carboxylic acids is 1. The van der Waals surface area contributed by atoms with Crippen molar-refractivity contribution in [3.05, 3.63) is 59.7 Å². The molecular weight excluding hydrogens is 436 g/mol. The first-order valence-electron chi connectivity index (χ1n) is 11.7. The number of carbonyl (C=O) groups excluding carboxylic acids is 2. The predicted octanol–water partition coefficient (Wildman–Crippen LogP) is 2.89. The zero-order chi connectivity index (χ0) is 24.1. The van der Waals surface area contributed by atoms with Crippen molar-refractivity contribution in [3.8, 4) is 11.1 Å². The van der Waals surface area contributed by atoms with Crippen LogP contribution in [0.15, 0.2) is 48.5 Å². The van der Waals surface area contributed by atoms with Gasteiger partial charge in [-0.25, -0.2) is 9.59 Å². The molecule has 8 heteroatoms. The maximum atomic E-state index is 12.7. The summed E-state index contributed by atoms with van der Waals surface area (Å²) in [5.41, 5.74) is 4.52. The van der Waals surface area contributed by atoms with Crippen LogP contribution in [0.3, 0.4) is 0 Å². The maximum Gasteiger partial charge on any atom is 0.407 e. The lowest BCUT2D eigenvalue weighted by Crippen LogP contribution is -2.47. The molecule has 180 valence electrons. The van der Waals surface area contributed by atoms with E-state index in [1.54, 1.807) is 0 Å². The molecular formula is C26H30N2O6. The number of nitrogens with one attached hydrogen (secondary N) is 2. The molecule has 2 atom stereocenters. The molecule has 0 bridgehead atoms. The lowest BCUT2D eigenvalue weighted by Gasteiger charge is -2.21. The van der Waals surface area contributed by atoms with E-state index < -0.39 is 29.9 Å². The van der Waals surface area contributed by atoms with Gasteiger partial charge in [0.25, 0.3) is 0 Å². The summed E-state index contributed by atoms with van der Waals surface area (Å²) < 4.78 is 5.54. The number of benzene rings is 2. The normalized spacial score (nSPS) is 16.1. The van der Waals surface area contributed by atoms with Crippen molar-refractivity contribution in [2.75, 3.05) is 19.8 Å². The monoisotopic (exact) mass is 466 g/mol. The number of hydrogen-bond donors (Lipinski definition) is 4. The SMILES string of the molecule is O=C(NCC(CC1CC1)C(=O)NC(CCO)C(=O)O)OCC1c2ccccc2-c2ccccc21. The van der Waals surface area contributed by atoms with E-state index in [0.717, 1.165) is 35.1 Å². The van der Waals surface area contributed by atoms with E-state index in [0.29, 0.717) is 12.3 Å². The Labute approximate surface area is 198 Å². The van der Waals surface area contributed by atoms with E-state index in [9.17, 15) is 19.5 Å². The number of ether oxygens (including phenoxy) is 1. The van der Waals surface area contributed by atoms with Gasteiger partial charge < -0.3 is 25.6 Å². The van der Waals surface area contributed by atoms with Crippen LogP contribution in [0, 0.1) is 11.8 Å². The van der Waals surface area contributed by atoms with Crippen molar-refractivity contribution >= 4 is 18.0 Å². The molecule has 2 aromatic carbocycles. The maximum absolute atomic E-state index is 12.7. The second-order valence-electron chi connectivity index (χ2n) is 8.99. The molecule has 1 saturated carbocycles. The molecule has 0 spiro atoms. The first-order chi connectivity index (χ1) is 16.5. The molecule has 0 saturated heterocycles. The highest BCUT2D eigenvalue weighted by molar-refractivity contribution is 5.85. The number of aliphatic hydroxyl groups excluding tert-OH is 1. The zero-order valence-electron chi connectivity index (χ0n) is 18.9. The van der Waals surface area contributed by atoms with Crippen LogP contribution in [0.4, 0.5) is 4.79 Å². The Morgan fingerprint density at radius 3 is 2.18 bits per heavy atom. The molecule has 0 aliphatic heterocycles. The van der Waals surface area contributed by atoms with Gasteiger partial charge in [-0.1, -0.05) is 61.4 Å². The standard InChI is InChI=1S/C26H30N2O6/c29-12-11-23(25(31)32)28-24(30)17(13-16-9-10-16)14-27-26(33)34-15-22-20-7-3-1-5-18(20)19-6-2-4-8-21(19)22/h1-8,16-17,22-23,29H,9-15H2,(H,27,33)(H,28,30)(H,31,32). The molecule has 0 radical (unpaired) electrons. The fourth-order valence-corrected chi connectivity index (χ4v) is 4.57. The highest BCUT2D eigenvalue weighted by Crippen LogP contribution is 2.44. The number of amides is 2. The van der Waals surface area contributed by atoms with E-state index in [2.05, 4.69) is 22.8 Å². The Kier molecular flexibility index (Phi) is 7.47. The smallest absolute Gasteiger partial charge is 0.407 e. The lowest BCUT2D eigenvalue weighted by molar-refractivity contribution is -0.143. The number of aliphatic hydroxyl groups is 1. The molecule has 8 nitrogen and oxygen atoms in total. The van der Waals surface area contributed by atoms with Gasteiger partial charge in [0.05, 0.1) is 5.92 Å². The molecule has 2 aromatic rings. The molecule has 1 fully saturated rings. The third-order valence-corrected chi connectivity index (χ3v) is 6.55. The minimum atomic E-state index is -1.20. The molecule has 34 heavy (non-hydrogen) atoms. The molecule has 0 aromatic heterocycles. The molecule has 2 aliphatic carbocycles. The first kappa shape index (κ1) is 23.8. The van der Waals surface area contributed by atoms with Crippen LogP contribution in [-0.2, 0) is 14.3 Å². The van der Waals surface area contributed by atoms with Crippen LogP contribution in [0.5, 0.6) is 0 Å². The van der Waals surface area contributed by atoms with E-state index in [-0.39, 0.29) is 32.1 Å². The quantitative estimate of drug-likeness (QED) is 0.404. The summed E-state index contributed by atoms with van der Waals surface area (Å²) in [4.78, 5) is 36.5. The number of aliphatic carboxylic acids is 1. The molecule has 2 amide bonds. The third kappa shape index (κ3) is 5.56. The Balaban J connectivity index is 1.34. The van der Waals surface area contributed by atoms with Crippen molar-refractivity contribution in [3.63, 3.8) is 0 Å². The summed E-state index contributed by atoms with van der Waals surface area (Å²) in [7, 11) is 0. The summed E-state index contributed by atoms with van der Waals surface area (Å²) in [6, 6.07) is 15.0. The molecule has 4 N–H and O–H groups in total. The topological polar surface area (TPSA) is 125 Å². The minimum absolute atomic E-state index is 0.0569. The second kappa shape index (κ2) is 10.7. The summed E-state index contributed by atoms with van der Waals surface area (Å²) in [6.07, 6.45) is 1.93. The van der Waals surface area contributed by atoms with Crippen LogP contribution in [0.1, 0.15) is 42.7 Å². The molecule has 2 unspecified atom stereocenters. The summed E-state index contributed by atoms with van der Waals surface area (Å²) in [5.74, 6) is -1.85. The fraction of sp³-hybridized carbons (Fsp3) is 0.423. The van der Waals surface area contributed by atoms with Gasteiger partial charge in [0, 0.05) is 25.5 Å². The lowest BCUT2D eigenvalue weighted by atomic mass is 9.98. The Bertz CT molecular complexity index is 1010. The van der Waals surface area contributed by atoms with Crippen molar-refractivity contribution in [1.82, 2.24) is 10.6 Å². The number of carboxylic acid groups (broad SMARTS) is 1. The minimum Gasteiger partial charge on any atom is -0.480 e.